The second kappa shape index (κ2) is 7.78. The molecule has 1 fully saturated rings. The van der Waals surface area contributed by atoms with E-state index in [1.165, 1.54) is 17.3 Å². The van der Waals surface area contributed by atoms with Gasteiger partial charge < -0.3 is 13.9 Å². The van der Waals surface area contributed by atoms with Crippen molar-refractivity contribution >= 4 is 17.7 Å². The summed E-state index contributed by atoms with van der Waals surface area (Å²) in [5.74, 6) is 1.34. The molecule has 1 aliphatic rings. The molecule has 3 aromatic rings. The maximum Gasteiger partial charge on any atom is 0.233 e. The molecule has 7 heteroatoms. The molecule has 0 saturated heterocycles. The highest BCUT2D eigenvalue weighted by molar-refractivity contribution is 7.99. The van der Waals surface area contributed by atoms with Crippen LogP contribution in [-0.4, -0.2) is 37.4 Å². The molecule has 4 rings (SSSR count). The molecule has 1 saturated carbocycles. The second-order valence-electron chi connectivity index (χ2n) is 6.35. The first-order chi connectivity index (χ1) is 12.8. The molecule has 2 heterocycles. The van der Waals surface area contributed by atoms with Gasteiger partial charge in [0.05, 0.1) is 18.6 Å². The molecule has 6 nitrogen and oxygen atoms in total. The van der Waals surface area contributed by atoms with Gasteiger partial charge in [-0.15, -0.1) is 10.2 Å². The Labute approximate surface area is 156 Å². The van der Waals surface area contributed by atoms with Gasteiger partial charge in [-0.25, -0.2) is 0 Å². The van der Waals surface area contributed by atoms with Crippen LogP contribution in [0.25, 0.3) is 0 Å². The summed E-state index contributed by atoms with van der Waals surface area (Å²) in [5, 5.41) is 8.83. The van der Waals surface area contributed by atoms with Crippen LogP contribution in [0.5, 0.6) is 0 Å². The van der Waals surface area contributed by atoms with E-state index in [-0.39, 0.29) is 5.91 Å². The fraction of sp³-hybridized carbons (Fsp3) is 0.316. The van der Waals surface area contributed by atoms with Crippen LogP contribution in [0.1, 0.15) is 24.2 Å². The average molecular weight is 368 g/mol. The van der Waals surface area contributed by atoms with Gasteiger partial charge in [0, 0.05) is 12.6 Å². The van der Waals surface area contributed by atoms with Crippen LogP contribution < -0.4 is 0 Å². The number of furan rings is 1. The van der Waals surface area contributed by atoms with Crippen molar-refractivity contribution in [1.82, 2.24) is 19.7 Å². The van der Waals surface area contributed by atoms with Crippen LogP contribution in [0.3, 0.4) is 0 Å². The third-order valence-corrected chi connectivity index (χ3v) is 5.28. The van der Waals surface area contributed by atoms with Crippen LogP contribution in [0, 0.1) is 0 Å². The number of benzene rings is 1. The Balaban J connectivity index is 1.37. The molecule has 1 aromatic carbocycles. The third kappa shape index (κ3) is 4.16. The molecule has 1 amide bonds. The fourth-order valence-corrected chi connectivity index (χ4v) is 3.63. The summed E-state index contributed by atoms with van der Waals surface area (Å²) in [7, 11) is 0. The molecule has 0 unspecified atom stereocenters. The number of amides is 1. The zero-order valence-electron chi connectivity index (χ0n) is 14.3. The summed E-state index contributed by atoms with van der Waals surface area (Å²) in [6.45, 7) is 1.23. The number of thioether (sulfide) groups is 1. The molecule has 0 bridgehead atoms. The predicted octanol–water partition coefficient (Wildman–Crippen LogP) is 3.20. The third-order valence-electron chi connectivity index (χ3n) is 4.31. The molecule has 0 atom stereocenters. The molecular weight excluding hydrogens is 348 g/mol. The summed E-state index contributed by atoms with van der Waals surface area (Å²) in [6.07, 6.45) is 5.50. The summed E-state index contributed by atoms with van der Waals surface area (Å²) in [4.78, 5) is 14.8. The highest BCUT2D eigenvalue weighted by atomic mass is 32.2. The van der Waals surface area contributed by atoms with E-state index in [4.69, 9.17) is 4.42 Å². The number of hydrogen-bond donors (Lipinski definition) is 0. The van der Waals surface area contributed by atoms with E-state index in [0.29, 0.717) is 24.9 Å². The predicted molar refractivity (Wildman–Crippen MR) is 98.6 cm³/mol. The maximum absolute atomic E-state index is 12.8. The Bertz CT molecular complexity index is 844. The molecular formula is C19H20N4O2S. The van der Waals surface area contributed by atoms with Crippen LogP contribution in [0.2, 0.25) is 0 Å². The number of rotatable bonds is 8. The Hall–Kier alpha value is -2.54. The van der Waals surface area contributed by atoms with Crippen molar-refractivity contribution in [3.8, 4) is 0 Å². The van der Waals surface area contributed by atoms with Crippen LogP contribution >= 0.6 is 11.8 Å². The molecule has 0 spiro atoms. The van der Waals surface area contributed by atoms with Crippen molar-refractivity contribution in [1.29, 1.82) is 0 Å². The van der Waals surface area contributed by atoms with Gasteiger partial charge in [0.15, 0.2) is 5.16 Å². The summed E-state index contributed by atoms with van der Waals surface area (Å²) in [6, 6.07) is 14.3. The van der Waals surface area contributed by atoms with E-state index >= 15 is 0 Å². The summed E-state index contributed by atoms with van der Waals surface area (Å²) in [5.41, 5.74) is 1.17. The zero-order valence-corrected chi connectivity index (χ0v) is 15.1. The summed E-state index contributed by atoms with van der Waals surface area (Å²) < 4.78 is 7.27. The number of nitrogens with zero attached hydrogens (tertiary/aromatic N) is 4. The van der Waals surface area contributed by atoms with E-state index in [0.717, 1.165) is 23.8 Å². The second-order valence-corrected chi connectivity index (χ2v) is 7.29. The van der Waals surface area contributed by atoms with E-state index in [2.05, 4.69) is 22.3 Å². The molecule has 26 heavy (non-hydrogen) atoms. The number of carbonyl (C=O) groups is 1. The minimum atomic E-state index is 0.147. The Morgan fingerprint density at radius 3 is 2.81 bits per heavy atom. The Morgan fingerprint density at radius 2 is 2.08 bits per heavy atom. The van der Waals surface area contributed by atoms with E-state index in [1.54, 1.807) is 12.6 Å². The zero-order chi connectivity index (χ0) is 17.8. The van der Waals surface area contributed by atoms with E-state index in [9.17, 15) is 4.79 Å². The lowest BCUT2D eigenvalue weighted by Gasteiger charge is -2.22. The number of carbonyl (C=O) groups excluding carboxylic acids is 1. The quantitative estimate of drug-likeness (QED) is 0.571. The fourth-order valence-electron chi connectivity index (χ4n) is 2.83. The molecule has 134 valence electrons. The first-order valence-electron chi connectivity index (χ1n) is 8.66. The lowest BCUT2D eigenvalue weighted by atomic mass is 10.2. The molecule has 1 aliphatic carbocycles. The Morgan fingerprint density at radius 1 is 1.23 bits per heavy atom. The monoisotopic (exact) mass is 368 g/mol. The highest BCUT2D eigenvalue weighted by Gasteiger charge is 2.32. The van der Waals surface area contributed by atoms with Gasteiger partial charge in [0.25, 0.3) is 0 Å². The van der Waals surface area contributed by atoms with Crippen LogP contribution in [-0.2, 0) is 17.9 Å². The van der Waals surface area contributed by atoms with Gasteiger partial charge in [-0.1, -0.05) is 42.1 Å². The van der Waals surface area contributed by atoms with Crippen LogP contribution in [0.4, 0.5) is 0 Å². The first-order valence-corrected chi connectivity index (χ1v) is 9.64. The topological polar surface area (TPSA) is 64.2 Å². The molecule has 2 aromatic heterocycles. The van der Waals surface area contributed by atoms with Gasteiger partial charge in [-0.3, -0.25) is 4.79 Å². The molecule has 0 aliphatic heterocycles. The van der Waals surface area contributed by atoms with Crippen molar-refractivity contribution in [2.45, 2.75) is 37.1 Å². The number of aromatic nitrogens is 3. The maximum atomic E-state index is 12.8. The van der Waals surface area contributed by atoms with Crippen molar-refractivity contribution in [3.05, 3.63) is 66.4 Å². The molecule has 0 radical (unpaired) electrons. The smallest absolute Gasteiger partial charge is 0.233 e. The largest absolute Gasteiger partial charge is 0.467 e. The van der Waals surface area contributed by atoms with Gasteiger partial charge >= 0.3 is 0 Å². The average Bonchev–Trinajstić information content (AvgIpc) is 3.19. The first kappa shape index (κ1) is 16.9. The lowest BCUT2D eigenvalue weighted by molar-refractivity contribution is -0.129. The van der Waals surface area contributed by atoms with E-state index in [1.807, 2.05) is 39.8 Å². The minimum Gasteiger partial charge on any atom is -0.467 e. The summed E-state index contributed by atoms with van der Waals surface area (Å²) >= 11 is 1.42. The van der Waals surface area contributed by atoms with Crippen molar-refractivity contribution in [2.75, 3.05) is 5.75 Å². The van der Waals surface area contributed by atoms with Gasteiger partial charge in [0.1, 0.15) is 12.1 Å². The Kier molecular flexibility index (Phi) is 5.06. The standard InChI is InChI=1S/C19H20N4O2S/c24-18(23(16-8-9-16)11-15-5-2-1-3-6-15)13-26-19-21-20-14-22(19)12-17-7-4-10-25-17/h1-7,10,14,16H,8-9,11-13H2. The lowest BCUT2D eigenvalue weighted by Crippen LogP contribution is -2.34. The van der Waals surface area contributed by atoms with Gasteiger partial charge in [-0.05, 0) is 30.5 Å². The number of hydrogen-bond acceptors (Lipinski definition) is 5. The van der Waals surface area contributed by atoms with Crippen molar-refractivity contribution in [3.63, 3.8) is 0 Å². The van der Waals surface area contributed by atoms with Gasteiger partial charge in [-0.2, -0.15) is 0 Å². The SMILES string of the molecule is O=C(CSc1nncn1Cc1ccco1)N(Cc1ccccc1)C1CC1. The minimum absolute atomic E-state index is 0.147. The van der Waals surface area contributed by atoms with Crippen LogP contribution in [0.15, 0.2) is 64.6 Å². The normalized spacial score (nSPS) is 13.7. The van der Waals surface area contributed by atoms with Gasteiger partial charge in [0.2, 0.25) is 5.91 Å². The van der Waals surface area contributed by atoms with Crippen molar-refractivity contribution < 1.29 is 9.21 Å². The molecule has 0 N–H and O–H groups in total. The van der Waals surface area contributed by atoms with E-state index < -0.39 is 0 Å². The highest BCUT2D eigenvalue weighted by Crippen LogP contribution is 2.29. The van der Waals surface area contributed by atoms with Crippen molar-refractivity contribution in [2.24, 2.45) is 0 Å².